The number of hydrogen-bond acceptors (Lipinski definition) is 4. The van der Waals surface area contributed by atoms with Gasteiger partial charge in [0.2, 0.25) is 0 Å². The summed E-state index contributed by atoms with van der Waals surface area (Å²) < 4.78 is 2.07. The molecule has 0 aliphatic carbocycles. The summed E-state index contributed by atoms with van der Waals surface area (Å²) in [5, 5.41) is 0.582. The number of imidazole rings is 1. The molecule has 0 unspecified atom stereocenters. The second-order valence-electron chi connectivity index (χ2n) is 4.47. The molecule has 102 valence electrons. The van der Waals surface area contributed by atoms with Gasteiger partial charge in [0, 0.05) is 30.7 Å². The number of nitrogens with two attached hydrogens (primary N) is 1. The Morgan fingerprint density at radius 1 is 1.30 bits per heavy atom. The molecule has 0 saturated heterocycles. The van der Waals surface area contributed by atoms with Crippen molar-refractivity contribution in [2.24, 2.45) is 5.73 Å². The normalized spacial score (nSPS) is 11.1. The van der Waals surface area contributed by atoms with Crippen LogP contribution in [0.2, 0.25) is 5.02 Å². The summed E-state index contributed by atoms with van der Waals surface area (Å²) in [6.45, 7) is 1.39. The average molecular weight is 288 g/mol. The van der Waals surface area contributed by atoms with Crippen molar-refractivity contribution in [2.45, 2.75) is 13.0 Å². The van der Waals surface area contributed by atoms with E-state index in [1.807, 2.05) is 18.2 Å². The van der Waals surface area contributed by atoms with Crippen LogP contribution >= 0.6 is 11.6 Å². The smallest absolute Gasteiger partial charge is 0.160 e. The highest BCUT2D eigenvalue weighted by molar-refractivity contribution is 6.31. The van der Waals surface area contributed by atoms with Gasteiger partial charge in [-0.05, 0) is 31.2 Å². The van der Waals surface area contributed by atoms with Crippen LogP contribution in [0, 0.1) is 0 Å². The zero-order chi connectivity index (χ0) is 13.9. The van der Waals surface area contributed by atoms with Gasteiger partial charge in [0.1, 0.15) is 11.3 Å². The molecule has 0 aromatic carbocycles. The largest absolute Gasteiger partial charge is 0.330 e. The molecule has 3 aromatic rings. The number of pyridine rings is 2. The molecule has 5 nitrogen and oxygen atoms in total. The lowest BCUT2D eigenvalue weighted by molar-refractivity contribution is 0.667. The van der Waals surface area contributed by atoms with Gasteiger partial charge < -0.3 is 10.3 Å². The lowest BCUT2D eigenvalue weighted by atomic mass is 10.2. The Balaban J connectivity index is 2.19. The van der Waals surface area contributed by atoms with Crippen molar-refractivity contribution in [3.8, 4) is 11.4 Å². The molecule has 0 aliphatic heterocycles. The molecular formula is C14H14ClN5. The first-order valence-electron chi connectivity index (χ1n) is 6.42. The van der Waals surface area contributed by atoms with E-state index < -0.39 is 0 Å². The zero-order valence-electron chi connectivity index (χ0n) is 10.8. The summed E-state index contributed by atoms with van der Waals surface area (Å²) in [5.74, 6) is 0.844. The molecule has 3 rings (SSSR count). The highest BCUT2D eigenvalue weighted by Gasteiger charge is 2.13. The Morgan fingerprint density at radius 3 is 2.95 bits per heavy atom. The Morgan fingerprint density at radius 2 is 2.20 bits per heavy atom. The van der Waals surface area contributed by atoms with Crippen molar-refractivity contribution in [1.82, 2.24) is 19.5 Å². The summed E-state index contributed by atoms with van der Waals surface area (Å²) >= 11 is 5.99. The summed E-state index contributed by atoms with van der Waals surface area (Å²) in [5.41, 5.74) is 8.18. The number of aromatic nitrogens is 4. The fourth-order valence-corrected chi connectivity index (χ4v) is 2.32. The van der Waals surface area contributed by atoms with Crippen molar-refractivity contribution >= 4 is 22.8 Å². The van der Waals surface area contributed by atoms with Crippen LogP contribution in [0.15, 0.2) is 36.8 Å². The highest BCUT2D eigenvalue weighted by Crippen LogP contribution is 2.24. The number of halogens is 1. The molecule has 0 bridgehead atoms. The maximum atomic E-state index is 5.99. The van der Waals surface area contributed by atoms with E-state index in [2.05, 4.69) is 19.5 Å². The van der Waals surface area contributed by atoms with Crippen molar-refractivity contribution in [2.75, 3.05) is 6.54 Å². The van der Waals surface area contributed by atoms with E-state index in [1.165, 1.54) is 0 Å². The Hall–Kier alpha value is -1.98. The fourth-order valence-electron chi connectivity index (χ4n) is 2.16. The van der Waals surface area contributed by atoms with Crippen molar-refractivity contribution in [3.05, 3.63) is 41.8 Å². The topological polar surface area (TPSA) is 69.6 Å². The third-order valence-electron chi connectivity index (χ3n) is 3.06. The van der Waals surface area contributed by atoms with E-state index in [0.29, 0.717) is 11.6 Å². The maximum Gasteiger partial charge on any atom is 0.160 e. The SMILES string of the molecule is NCCCn1c(-c2cccnc2)nc2cc(Cl)cnc21. The molecule has 2 N–H and O–H groups in total. The van der Waals surface area contributed by atoms with E-state index in [-0.39, 0.29) is 0 Å². The van der Waals surface area contributed by atoms with Gasteiger partial charge in [0.15, 0.2) is 5.65 Å². The van der Waals surface area contributed by atoms with Crippen LogP contribution < -0.4 is 5.73 Å². The second kappa shape index (κ2) is 5.56. The lowest BCUT2D eigenvalue weighted by Crippen LogP contribution is -2.07. The van der Waals surface area contributed by atoms with E-state index >= 15 is 0 Å². The van der Waals surface area contributed by atoms with Gasteiger partial charge in [-0.2, -0.15) is 0 Å². The van der Waals surface area contributed by atoms with E-state index in [9.17, 15) is 0 Å². The maximum absolute atomic E-state index is 5.99. The van der Waals surface area contributed by atoms with Crippen LogP contribution in [-0.2, 0) is 6.54 Å². The minimum Gasteiger partial charge on any atom is -0.330 e. The molecule has 0 fully saturated rings. The summed E-state index contributed by atoms with van der Waals surface area (Å²) in [6, 6.07) is 5.69. The molecule has 0 aliphatic rings. The van der Waals surface area contributed by atoms with Gasteiger partial charge in [-0.3, -0.25) is 4.98 Å². The van der Waals surface area contributed by atoms with Gasteiger partial charge >= 0.3 is 0 Å². The molecule has 6 heteroatoms. The quantitative estimate of drug-likeness (QED) is 0.800. The van der Waals surface area contributed by atoms with Gasteiger partial charge in [-0.1, -0.05) is 11.6 Å². The Kier molecular flexibility index (Phi) is 3.62. The monoisotopic (exact) mass is 287 g/mol. The van der Waals surface area contributed by atoms with Gasteiger partial charge in [0.25, 0.3) is 0 Å². The predicted molar refractivity (Wildman–Crippen MR) is 79.4 cm³/mol. The molecule has 0 spiro atoms. The number of aryl methyl sites for hydroxylation is 1. The molecule has 0 radical (unpaired) electrons. The minimum absolute atomic E-state index is 0.582. The molecule has 0 saturated carbocycles. The summed E-state index contributed by atoms with van der Waals surface area (Å²) in [4.78, 5) is 13.2. The first-order valence-corrected chi connectivity index (χ1v) is 6.79. The van der Waals surface area contributed by atoms with Crippen LogP contribution in [0.4, 0.5) is 0 Å². The van der Waals surface area contributed by atoms with Gasteiger partial charge in [0.05, 0.1) is 5.02 Å². The van der Waals surface area contributed by atoms with Gasteiger partial charge in [-0.15, -0.1) is 0 Å². The van der Waals surface area contributed by atoms with Gasteiger partial charge in [-0.25, -0.2) is 9.97 Å². The van der Waals surface area contributed by atoms with Crippen LogP contribution in [0.25, 0.3) is 22.6 Å². The Bertz CT molecular complexity index is 723. The first-order chi connectivity index (χ1) is 9.79. The second-order valence-corrected chi connectivity index (χ2v) is 4.90. The standard InChI is InChI=1S/C14H14ClN5/c15-11-7-12-14(18-9-11)20(6-2-4-16)13(19-12)10-3-1-5-17-8-10/h1,3,5,7-9H,2,4,6,16H2. The third-order valence-corrected chi connectivity index (χ3v) is 3.26. The Labute approximate surface area is 121 Å². The number of rotatable bonds is 4. The number of nitrogens with zero attached hydrogens (tertiary/aromatic N) is 4. The van der Waals surface area contributed by atoms with Crippen molar-refractivity contribution in [3.63, 3.8) is 0 Å². The van der Waals surface area contributed by atoms with Crippen LogP contribution in [0.3, 0.4) is 0 Å². The van der Waals surface area contributed by atoms with Crippen molar-refractivity contribution < 1.29 is 0 Å². The minimum atomic E-state index is 0.582. The summed E-state index contributed by atoms with van der Waals surface area (Å²) in [6.07, 6.45) is 6.04. The van der Waals surface area contributed by atoms with Crippen LogP contribution in [-0.4, -0.2) is 26.1 Å². The van der Waals surface area contributed by atoms with Crippen molar-refractivity contribution in [1.29, 1.82) is 0 Å². The highest BCUT2D eigenvalue weighted by atomic mass is 35.5. The summed E-state index contributed by atoms with van der Waals surface area (Å²) in [7, 11) is 0. The molecule has 0 amide bonds. The van der Waals surface area contributed by atoms with E-state index in [0.717, 1.165) is 35.5 Å². The van der Waals surface area contributed by atoms with E-state index in [4.69, 9.17) is 17.3 Å². The fraction of sp³-hybridized carbons (Fsp3) is 0.214. The average Bonchev–Trinajstić information content (AvgIpc) is 2.83. The first kappa shape index (κ1) is 13.0. The molecular weight excluding hydrogens is 274 g/mol. The van der Waals surface area contributed by atoms with E-state index in [1.54, 1.807) is 18.6 Å². The number of hydrogen-bond donors (Lipinski definition) is 1. The number of fused-ring (bicyclic) bond motifs is 1. The third kappa shape index (κ3) is 2.37. The molecule has 3 heterocycles. The lowest BCUT2D eigenvalue weighted by Gasteiger charge is -2.07. The zero-order valence-corrected chi connectivity index (χ0v) is 11.6. The molecule has 0 atom stereocenters. The predicted octanol–water partition coefficient (Wildman–Crippen LogP) is 2.50. The van der Waals surface area contributed by atoms with Crippen LogP contribution in [0.5, 0.6) is 0 Å². The molecule has 20 heavy (non-hydrogen) atoms. The van der Waals surface area contributed by atoms with Crippen LogP contribution in [0.1, 0.15) is 6.42 Å². The molecule has 3 aromatic heterocycles.